The second kappa shape index (κ2) is 8.42. The lowest BCUT2D eigenvalue weighted by Gasteiger charge is -2.36. The number of nitrogens with zero attached hydrogens (tertiary/aromatic N) is 6. The molecule has 0 unspecified atom stereocenters. The van der Waals surface area contributed by atoms with Crippen LogP contribution < -0.4 is 16.0 Å². The van der Waals surface area contributed by atoms with E-state index in [0.29, 0.717) is 54.3 Å². The fourth-order valence-electron chi connectivity index (χ4n) is 3.77. The molecule has 11 heteroatoms. The van der Waals surface area contributed by atoms with E-state index in [2.05, 4.69) is 25.3 Å². The monoisotopic (exact) mass is 440 g/mol. The van der Waals surface area contributed by atoms with E-state index >= 15 is 0 Å². The molecule has 0 spiro atoms. The first kappa shape index (κ1) is 20.2. The smallest absolute Gasteiger partial charge is 0.256 e. The van der Waals surface area contributed by atoms with Gasteiger partial charge in [-0.25, -0.2) is 8.78 Å². The van der Waals surface area contributed by atoms with Crippen LogP contribution in [-0.2, 0) is 0 Å². The number of nitrogens with one attached hydrogen (secondary N) is 1. The SMILES string of the molecule is Nc1cc(NCCN2CCN(c3cc(F)ccc3F)CC2)nc2nc(-c3ccco3)nn12. The van der Waals surface area contributed by atoms with Crippen molar-refractivity contribution in [2.24, 2.45) is 0 Å². The van der Waals surface area contributed by atoms with Gasteiger partial charge in [-0.3, -0.25) is 4.90 Å². The van der Waals surface area contributed by atoms with Crippen LogP contribution in [0.4, 0.5) is 26.1 Å². The molecule has 1 aliphatic heterocycles. The molecular weight excluding hydrogens is 418 g/mol. The van der Waals surface area contributed by atoms with Crippen molar-refractivity contribution in [1.29, 1.82) is 0 Å². The Bertz CT molecular complexity index is 1220. The fraction of sp³-hybridized carbons (Fsp3) is 0.286. The van der Waals surface area contributed by atoms with Crippen LogP contribution in [0.1, 0.15) is 0 Å². The quantitative estimate of drug-likeness (QED) is 0.472. The van der Waals surface area contributed by atoms with Gasteiger partial charge in [0.25, 0.3) is 5.78 Å². The highest BCUT2D eigenvalue weighted by Gasteiger charge is 2.20. The van der Waals surface area contributed by atoms with Gasteiger partial charge in [0, 0.05) is 51.4 Å². The zero-order valence-electron chi connectivity index (χ0n) is 17.2. The number of anilines is 3. The molecule has 3 N–H and O–H groups in total. The Balaban J connectivity index is 1.17. The summed E-state index contributed by atoms with van der Waals surface area (Å²) in [7, 11) is 0. The summed E-state index contributed by atoms with van der Waals surface area (Å²) in [5.74, 6) is 1.53. The zero-order valence-corrected chi connectivity index (χ0v) is 17.2. The molecule has 9 nitrogen and oxygen atoms in total. The van der Waals surface area contributed by atoms with Gasteiger partial charge in [-0.2, -0.15) is 14.5 Å². The minimum Gasteiger partial charge on any atom is -0.461 e. The molecule has 1 fully saturated rings. The van der Waals surface area contributed by atoms with Crippen LogP contribution in [-0.4, -0.2) is 63.8 Å². The van der Waals surface area contributed by atoms with E-state index in [-0.39, 0.29) is 0 Å². The van der Waals surface area contributed by atoms with Crippen LogP contribution in [0, 0.1) is 11.6 Å². The Labute approximate surface area is 182 Å². The number of hydrogen-bond acceptors (Lipinski definition) is 8. The van der Waals surface area contributed by atoms with Crippen LogP contribution >= 0.6 is 0 Å². The molecule has 0 radical (unpaired) electrons. The van der Waals surface area contributed by atoms with E-state index in [0.717, 1.165) is 25.7 Å². The van der Waals surface area contributed by atoms with Crippen molar-refractivity contribution in [1.82, 2.24) is 24.5 Å². The van der Waals surface area contributed by atoms with Gasteiger partial charge >= 0.3 is 0 Å². The molecule has 0 saturated carbocycles. The van der Waals surface area contributed by atoms with Crippen LogP contribution in [0.2, 0.25) is 0 Å². The predicted molar refractivity (Wildman–Crippen MR) is 116 cm³/mol. The molecule has 0 atom stereocenters. The van der Waals surface area contributed by atoms with E-state index in [1.807, 2.05) is 4.90 Å². The van der Waals surface area contributed by atoms with Gasteiger partial charge in [-0.05, 0) is 24.3 Å². The average molecular weight is 440 g/mol. The Morgan fingerprint density at radius 1 is 1.06 bits per heavy atom. The molecule has 0 bridgehead atoms. The Kier molecular flexibility index (Phi) is 5.31. The van der Waals surface area contributed by atoms with E-state index in [1.54, 1.807) is 24.5 Å². The molecule has 1 saturated heterocycles. The standard InChI is InChI=1S/C21H22F2N8O/c22-14-3-4-15(23)16(12-14)30-9-7-29(8-10-30)6-5-25-19-13-18(24)31-21(26-19)27-20(28-31)17-2-1-11-32-17/h1-4,11-13H,5-10,24H2,(H,25,26,27,28). The second-order valence-electron chi connectivity index (χ2n) is 7.54. The highest BCUT2D eigenvalue weighted by molar-refractivity contribution is 5.56. The maximum atomic E-state index is 14.0. The lowest BCUT2D eigenvalue weighted by Crippen LogP contribution is -2.48. The lowest BCUT2D eigenvalue weighted by molar-refractivity contribution is 0.266. The number of halogens is 2. The van der Waals surface area contributed by atoms with E-state index in [4.69, 9.17) is 10.2 Å². The molecule has 166 valence electrons. The van der Waals surface area contributed by atoms with Crippen LogP contribution in [0.3, 0.4) is 0 Å². The van der Waals surface area contributed by atoms with Crippen molar-refractivity contribution in [2.75, 3.05) is 55.2 Å². The summed E-state index contributed by atoms with van der Waals surface area (Å²) < 4.78 is 34.3. The molecule has 4 aromatic rings. The van der Waals surface area contributed by atoms with Gasteiger partial charge in [0.15, 0.2) is 5.76 Å². The van der Waals surface area contributed by atoms with Gasteiger partial charge in [0.1, 0.15) is 23.3 Å². The molecule has 3 aromatic heterocycles. The molecule has 32 heavy (non-hydrogen) atoms. The maximum Gasteiger partial charge on any atom is 0.256 e. The normalized spacial score (nSPS) is 14.9. The number of piperazine rings is 1. The first-order valence-electron chi connectivity index (χ1n) is 10.3. The van der Waals surface area contributed by atoms with Crippen molar-refractivity contribution in [3.05, 3.63) is 54.3 Å². The van der Waals surface area contributed by atoms with Gasteiger partial charge in [-0.15, -0.1) is 5.10 Å². The Hall–Kier alpha value is -3.73. The summed E-state index contributed by atoms with van der Waals surface area (Å²) in [6.45, 7) is 4.19. The Morgan fingerprint density at radius 3 is 2.69 bits per heavy atom. The Morgan fingerprint density at radius 2 is 1.91 bits per heavy atom. The first-order valence-corrected chi connectivity index (χ1v) is 10.3. The number of fused-ring (bicyclic) bond motifs is 1. The first-order chi connectivity index (χ1) is 15.6. The number of hydrogen-bond donors (Lipinski definition) is 2. The molecular formula is C21H22F2N8O. The van der Waals surface area contributed by atoms with Crippen molar-refractivity contribution >= 4 is 23.1 Å². The van der Waals surface area contributed by atoms with Crippen LogP contribution in [0.5, 0.6) is 0 Å². The average Bonchev–Trinajstić information content (AvgIpc) is 3.46. The van der Waals surface area contributed by atoms with Gasteiger partial charge < -0.3 is 20.4 Å². The van der Waals surface area contributed by atoms with Gasteiger partial charge in [-0.1, -0.05) is 0 Å². The largest absolute Gasteiger partial charge is 0.461 e. The second-order valence-corrected chi connectivity index (χ2v) is 7.54. The number of benzene rings is 1. The fourth-order valence-corrected chi connectivity index (χ4v) is 3.77. The van der Waals surface area contributed by atoms with Crippen molar-refractivity contribution < 1.29 is 13.2 Å². The molecule has 0 amide bonds. The third-order valence-corrected chi connectivity index (χ3v) is 5.44. The number of nitrogen functional groups attached to an aromatic ring is 1. The summed E-state index contributed by atoms with van der Waals surface area (Å²) in [5.41, 5.74) is 6.43. The summed E-state index contributed by atoms with van der Waals surface area (Å²) in [5, 5.41) is 7.59. The predicted octanol–water partition coefficient (Wildman–Crippen LogP) is 2.48. The zero-order chi connectivity index (χ0) is 22.1. The number of furan rings is 1. The molecule has 4 heterocycles. The van der Waals surface area contributed by atoms with Gasteiger partial charge in [0.05, 0.1) is 12.0 Å². The topological polar surface area (TPSA) is 101 Å². The number of nitrogens with two attached hydrogens (primary N) is 1. The van der Waals surface area contributed by atoms with Crippen molar-refractivity contribution in [3.8, 4) is 11.6 Å². The third kappa shape index (κ3) is 4.06. The minimum absolute atomic E-state index is 0.318. The van der Waals surface area contributed by atoms with E-state index in [1.165, 1.54) is 16.6 Å². The highest BCUT2D eigenvalue weighted by Crippen LogP contribution is 2.22. The summed E-state index contributed by atoms with van der Waals surface area (Å²) in [6, 6.07) is 8.80. The van der Waals surface area contributed by atoms with E-state index in [9.17, 15) is 8.78 Å². The van der Waals surface area contributed by atoms with E-state index < -0.39 is 11.6 Å². The van der Waals surface area contributed by atoms with Crippen molar-refractivity contribution in [2.45, 2.75) is 0 Å². The summed E-state index contributed by atoms with van der Waals surface area (Å²) in [4.78, 5) is 13.0. The maximum absolute atomic E-state index is 14.0. The lowest BCUT2D eigenvalue weighted by atomic mass is 10.2. The minimum atomic E-state index is -0.430. The summed E-state index contributed by atoms with van der Waals surface area (Å²) in [6.07, 6.45) is 1.55. The molecule has 5 rings (SSSR count). The molecule has 1 aliphatic rings. The third-order valence-electron chi connectivity index (χ3n) is 5.44. The number of aromatic nitrogens is 4. The van der Waals surface area contributed by atoms with Crippen molar-refractivity contribution in [3.63, 3.8) is 0 Å². The van der Waals surface area contributed by atoms with Crippen LogP contribution in [0.15, 0.2) is 47.1 Å². The van der Waals surface area contributed by atoms with Gasteiger partial charge in [0.2, 0.25) is 5.82 Å². The molecule has 0 aliphatic carbocycles. The summed E-state index contributed by atoms with van der Waals surface area (Å²) >= 11 is 0. The number of rotatable bonds is 6. The van der Waals surface area contributed by atoms with Crippen LogP contribution in [0.25, 0.3) is 17.4 Å². The highest BCUT2D eigenvalue weighted by atomic mass is 19.1. The molecule has 1 aromatic carbocycles.